The van der Waals surface area contributed by atoms with Crippen LogP contribution in [0.3, 0.4) is 0 Å². The molecular formula is C18H20ClN3O3. The highest BCUT2D eigenvalue weighted by atomic mass is 35.5. The fraction of sp³-hybridized carbons (Fsp3) is 0.222. The zero-order valence-corrected chi connectivity index (χ0v) is 14.8. The third kappa shape index (κ3) is 4.87. The van der Waals surface area contributed by atoms with Gasteiger partial charge in [0.25, 0.3) is 5.91 Å². The SMILES string of the molecule is COc1ccc(CNC(=O)c2ccccc2N=C(N)CCl)cc1OC. The third-order valence-corrected chi connectivity index (χ3v) is 3.72. The Hall–Kier alpha value is -2.73. The van der Waals surface area contributed by atoms with Crippen LogP contribution < -0.4 is 20.5 Å². The number of methoxy groups -OCH3 is 2. The molecule has 0 atom stereocenters. The number of amides is 1. The van der Waals surface area contributed by atoms with Crippen LogP contribution >= 0.6 is 11.6 Å². The lowest BCUT2D eigenvalue weighted by Crippen LogP contribution is -2.23. The molecule has 0 aliphatic carbocycles. The Labute approximate surface area is 151 Å². The molecule has 1 amide bonds. The molecule has 2 aromatic rings. The second kappa shape index (κ2) is 8.94. The standard InChI is InChI=1S/C18H20ClN3O3/c1-24-15-8-7-12(9-16(15)25-2)11-21-18(23)13-5-3-4-6-14(13)22-17(20)10-19/h3-9H,10-11H2,1-2H3,(H2,20,22)(H,21,23). The van der Waals surface area contributed by atoms with Crippen molar-refractivity contribution in [3.05, 3.63) is 53.6 Å². The van der Waals surface area contributed by atoms with Gasteiger partial charge < -0.3 is 20.5 Å². The summed E-state index contributed by atoms with van der Waals surface area (Å²) in [5.41, 5.74) is 7.44. The van der Waals surface area contributed by atoms with Crippen molar-refractivity contribution in [1.82, 2.24) is 5.32 Å². The molecule has 0 radical (unpaired) electrons. The highest BCUT2D eigenvalue weighted by molar-refractivity contribution is 6.28. The molecule has 25 heavy (non-hydrogen) atoms. The number of aliphatic imine (C=N–C) groups is 1. The molecule has 6 nitrogen and oxygen atoms in total. The van der Waals surface area contributed by atoms with E-state index in [1.165, 1.54) is 0 Å². The molecule has 0 saturated heterocycles. The number of nitrogens with two attached hydrogens (primary N) is 1. The number of nitrogens with zero attached hydrogens (tertiary/aromatic N) is 1. The van der Waals surface area contributed by atoms with E-state index in [0.717, 1.165) is 5.56 Å². The first-order valence-electron chi connectivity index (χ1n) is 7.56. The number of hydrogen-bond donors (Lipinski definition) is 2. The van der Waals surface area contributed by atoms with Gasteiger partial charge in [0.15, 0.2) is 11.5 Å². The predicted octanol–water partition coefficient (Wildman–Crippen LogP) is 2.86. The number of para-hydroxylation sites is 1. The van der Waals surface area contributed by atoms with Crippen LogP contribution in [0.5, 0.6) is 11.5 Å². The molecule has 0 heterocycles. The molecule has 3 N–H and O–H groups in total. The number of carbonyl (C=O) groups excluding carboxylic acids is 1. The van der Waals surface area contributed by atoms with Crippen molar-refractivity contribution in [2.45, 2.75) is 6.54 Å². The van der Waals surface area contributed by atoms with E-state index in [1.807, 2.05) is 12.1 Å². The molecule has 0 spiro atoms. The lowest BCUT2D eigenvalue weighted by atomic mass is 10.1. The van der Waals surface area contributed by atoms with Gasteiger partial charge in [0, 0.05) is 6.54 Å². The van der Waals surface area contributed by atoms with Crippen molar-refractivity contribution in [3.8, 4) is 11.5 Å². The Bertz CT molecular complexity index is 778. The summed E-state index contributed by atoms with van der Waals surface area (Å²) in [5, 5.41) is 2.86. The second-order valence-corrected chi connectivity index (χ2v) is 5.39. The van der Waals surface area contributed by atoms with E-state index in [2.05, 4.69) is 10.3 Å². The van der Waals surface area contributed by atoms with E-state index in [9.17, 15) is 4.79 Å². The van der Waals surface area contributed by atoms with E-state index < -0.39 is 0 Å². The minimum Gasteiger partial charge on any atom is -0.493 e. The lowest BCUT2D eigenvalue weighted by Gasteiger charge is -2.11. The Morgan fingerprint density at radius 3 is 2.56 bits per heavy atom. The molecule has 7 heteroatoms. The summed E-state index contributed by atoms with van der Waals surface area (Å²) in [4.78, 5) is 16.6. The van der Waals surface area contributed by atoms with Gasteiger partial charge in [-0.05, 0) is 29.8 Å². The average molecular weight is 362 g/mol. The fourth-order valence-corrected chi connectivity index (χ4v) is 2.28. The van der Waals surface area contributed by atoms with E-state index in [4.69, 9.17) is 26.8 Å². The number of halogens is 1. The first-order chi connectivity index (χ1) is 12.1. The summed E-state index contributed by atoms with van der Waals surface area (Å²) in [6.07, 6.45) is 0. The summed E-state index contributed by atoms with van der Waals surface area (Å²) in [7, 11) is 3.14. The first kappa shape index (κ1) is 18.6. The van der Waals surface area contributed by atoms with Crippen LogP contribution in [-0.4, -0.2) is 31.8 Å². The van der Waals surface area contributed by atoms with Gasteiger partial charge in [0.1, 0.15) is 5.84 Å². The minimum atomic E-state index is -0.253. The maximum Gasteiger partial charge on any atom is 0.253 e. The summed E-state index contributed by atoms with van der Waals surface area (Å²) < 4.78 is 10.5. The van der Waals surface area contributed by atoms with Crippen LogP contribution in [0.4, 0.5) is 5.69 Å². The minimum absolute atomic E-state index is 0.0988. The predicted molar refractivity (Wildman–Crippen MR) is 99.2 cm³/mol. The highest BCUT2D eigenvalue weighted by Gasteiger charge is 2.11. The van der Waals surface area contributed by atoms with Crippen molar-refractivity contribution < 1.29 is 14.3 Å². The van der Waals surface area contributed by atoms with Gasteiger partial charge in [0.05, 0.1) is 31.4 Å². The van der Waals surface area contributed by atoms with E-state index >= 15 is 0 Å². The van der Waals surface area contributed by atoms with E-state index in [-0.39, 0.29) is 17.6 Å². The zero-order valence-electron chi connectivity index (χ0n) is 14.1. The van der Waals surface area contributed by atoms with Crippen molar-refractivity contribution in [2.24, 2.45) is 10.7 Å². The van der Waals surface area contributed by atoms with Crippen LogP contribution in [0.2, 0.25) is 0 Å². The van der Waals surface area contributed by atoms with Crippen molar-refractivity contribution in [1.29, 1.82) is 0 Å². The summed E-state index contributed by atoms with van der Waals surface area (Å²) in [6, 6.07) is 12.4. The summed E-state index contributed by atoms with van der Waals surface area (Å²) >= 11 is 5.65. The third-order valence-electron chi connectivity index (χ3n) is 3.45. The molecule has 0 aliphatic rings. The molecular weight excluding hydrogens is 342 g/mol. The maximum absolute atomic E-state index is 12.5. The second-order valence-electron chi connectivity index (χ2n) is 5.13. The summed E-state index contributed by atoms with van der Waals surface area (Å²) in [6.45, 7) is 0.336. The van der Waals surface area contributed by atoms with Crippen LogP contribution in [0.15, 0.2) is 47.5 Å². The molecule has 2 rings (SSSR count). The van der Waals surface area contributed by atoms with Crippen molar-refractivity contribution in [2.75, 3.05) is 20.1 Å². The molecule has 0 aromatic heterocycles. The number of amidine groups is 1. The fourth-order valence-electron chi connectivity index (χ4n) is 2.22. The normalized spacial score (nSPS) is 11.1. The largest absolute Gasteiger partial charge is 0.493 e. The first-order valence-corrected chi connectivity index (χ1v) is 8.09. The molecule has 0 fully saturated rings. The number of benzene rings is 2. The number of nitrogens with one attached hydrogen (secondary N) is 1. The topological polar surface area (TPSA) is 85.9 Å². The van der Waals surface area contributed by atoms with Gasteiger partial charge in [-0.25, -0.2) is 4.99 Å². The van der Waals surface area contributed by atoms with E-state index in [0.29, 0.717) is 29.3 Å². The lowest BCUT2D eigenvalue weighted by molar-refractivity contribution is 0.0951. The smallest absolute Gasteiger partial charge is 0.253 e. The van der Waals surface area contributed by atoms with Gasteiger partial charge in [-0.2, -0.15) is 0 Å². The monoisotopic (exact) mass is 361 g/mol. The zero-order chi connectivity index (χ0) is 18.2. The highest BCUT2D eigenvalue weighted by Crippen LogP contribution is 2.27. The maximum atomic E-state index is 12.5. The van der Waals surface area contributed by atoms with Gasteiger partial charge in [-0.15, -0.1) is 11.6 Å². The van der Waals surface area contributed by atoms with Crippen molar-refractivity contribution in [3.63, 3.8) is 0 Å². The van der Waals surface area contributed by atoms with Gasteiger partial charge >= 0.3 is 0 Å². The molecule has 0 saturated carbocycles. The Kier molecular flexibility index (Phi) is 6.65. The molecule has 0 unspecified atom stereocenters. The Morgan fingerprint density at radius 1 is 1.16 bits per heavy atom. The van der Waals surface area contributed by atoms with Crippen LogP contribution in [-0.2, 0) is 6.54 Å². The van der Waals surface area contributed by atoms with Crippen LogP contribution in [0.25, 0.3) is 0 Å². The van der Waals surface area contributed by atoms with Gasteiger partial charge in [-0.3, -0.25) is 4.79 Å². The van der Waals surface area contributed by atoms with Crippen LogP contribution in [0, 0.1) is 0 Å². The quantitative estimate of drug-likeness (QED) is 0.451. The number of rotatable bonds is 7. The Balaban J connectivity index is 2.13. The average Bonchev–Trinajstić information content (AvgIpc) is 2.66. The molecule has 2 aromatic carbocycles. The number of carbonyl (C=O) groups is 1. The molecule has 0 bridgehead atoms. The van der Waals surface area contributed by atoms with Crippen molar-refractivity contribution >= 4 is 29.0 Å². The number of ether oxygens (including phenoxy) is 2. The Morgan fingerprint density at radius 2 is 1.88 bits per heavy atom. The van der Waals surface area contributed by atoms with Gasteiger partial charge in [-0.1, -0.05) is 18.2 Å². The number of alkyl halides is 1. The number of hydrogen-bond acceptors (Lipinski definition) is 4. The molecule has 0 aliphatic heterocycles. The van der Waals surface area contributed by atoms with Gasteiger partial charge in [0.2, 0.25) is 0 Å². The van der Waals surface area contributed by atoms with Crippen LogP contribution in [0.1, 0.15) is 15.9 Å². The molecule has 132 valence electrons. The van der Waals surface area contributed by atoms with E-state index in [1.54, 1.807) is 44.6 Å². The summed E-state index contributed by atoms with van der Waals surface area (Å²) in [5.74, 6) is 1.34.